The largest absolute Gasteiger partial charge is 0.748 e. The van der Waals surface area contributed by atoms with Gasteiger partial charge in [-0.3, -0.25) is 0 Å². The minimum absolute atomic E-state index is 0. The first-order valence-corrected chi connectivity index (χ1v) is 11.1. The van der Waals surface area contributed by atoms with Crippen LogP contribution in [0, 0.1) is 0 Å². The molecule has 0 atom stereocenters. The van der Waals surface area contributed by atoms with Crippen molar-refractivity contribution in [1.82, 2.24) is 0 Å². The standard InChI is InChI=1S/C17H26P.C5H5.Fe/c1-3-9-15(10-4-1)18(17-13-7-8-14-17)16-11-5-2-6-12-16;1-2-4-5-3-1;/h7-8,13-16H,1-6,9-12H2;1-5H;/q-1;-5;. The van der Waals surface area contributed by atoms with Crippen LogP contribution in [0.4, 0.5) is 0 Å². The summed E-state index contributed by atoms with van der Waals surface area (Å²) in [7, 11) is 0.145. The Morgan fingerprint density at radius 2 is 1.00 bits per heavy atom. The first kappa shape index (κ1) is 20.0. The molecule has 2 saturated carbocycles. The number of rotatable bonds is 3. The molecule has 2 heteroatoms. The van der Waals surface area contributed by atoms with Crippen LogP contribution in [0.15, 0.2) is 54.6 Å². The van der Waals surface area contributed by atoms with Crippen molar-refractivity contribution < 1.29 is 17.1 Å². The van der Waals surface area contributed by atoms with Crippen LogP contribution in [-0.4, -0.2) is 11.3 Å². The normalized spacial score (nSPS) is 19.4. The molecule has 0 nitrogen and oxygen atoms in total. The zero-order valence-electron chi connectivity index (χ0n) is 14.7. The fraction of sp³-hybridized carbons (Fsp3) is 0.545. The van der Waals surface area contributed by atoms with Crippen molar-refractivity contribution in [3.63, 3.8) is 0 Å². The molecule has 24 heavy (non-hydrogen) atoms. The zero-order chi connectivity index (χ0) is 15.7. The van der Waals surface area contributed by atoms with Crippen LogP contribution in [0.25, 0.3) is 0 Å². The topological polar surface area (TPSA) is 0 Å². The van der Waals surface area contributed by atoms with Crippen molar-refractivity contribution in [2.24, 2.45) is 0 Å². The maximum atomic E-state index is 2.43. The number of hydrogen-bond donors (Lipinski definition) is 0. The first-order valence-electron chi connectivity index (χ1n) is 9.62. The van der Waals surface area contributed by atoms with Gasteiger partial charge in [0.25, 0.3) is 0 Å². The van der Waals surface area contributed by atoms with Crippen molar-refractivity contribution in [3.05, 3.63) is 54.6 Å². The first-order chi connectivity index (χ1) is 11.4. The monoisotopic (exact) mass is 382 g/mol. The van der Waals surface area contributed by atoms with E-state index in [9.17, 15) is 0 Å². The van der Waals surface area contributed by atoms with E-state index in [2.05, 4.69) is 24.3 Å². The second-order valence-corrected chi connectivity index (χ2v) is 9.89. The average molecular weight is 382 g/mol. The predicted molar refractivity (Wildman–Crippen MR) is 104 cm³/mol. The van der Waals surface area contributed by atoms with Crippen molar-refractivity contribution >= 4 is 13.2 Å². The molecule has 0 saturated heterocycles. The van der Waals surface area contributed by atoms with Crippen LogP contribution in [0.3, 0.4) is 0 Å². The zero-order valence-corrected chi connectivity index (χ0v) is 16.7. The summed E-state index contributed by atoms with van der Waals surface area (Å²) in [5.41, 5.74) is 2.11. The van der Waals surface area contributed by atoms with Gasteiger partial charge in [0.1, 0.15) is 0 Å². The molecule has 0 N–H and O–H groups in total. The van der Waals surface area contributed by atoms with E-state index >= 15 is 0 Å². The molecule has 4 rings (SSSR count). The minimum atomic E-state index is 0. The van der Waals surface area contributed by atoms with E-state index in [0.717, 1.165) is 11.3 Å². The Morgan fingerprint density at radius 1 is 0.625 bits per heavy atom. The third-order valence-electron chi connectivity index (χ3n) is 5.43. The summed E-state index contributed by atoms with van der Waals surface area (Å²) < 4.78 is 0. The molecule has 2 fully saturated rings. The van der Waals surface area contributed by atoms with E-state index < -0.39 is 0 Å². The van der Waals surface area contributed by atoms with Crippen molar-refractivity contribution in [3.8, 4) is 0 Å². The molecule has 2 aliphatic carbocycles. The summed E-state index contributed by atoms with van der Waals surface area (Å²) >= 11 is 0. The Kier molecular flexibility index (Phi) is 9.40. The third kappa shape index (κ3) is 5.87. The summed E-state index contributed by atoms with van der Waals surface area (Å²) in [6, 6.07) is 19.4. The van der Waals surface area contributed by atoms with Crippen LogP contribution in [0.2, 0.25) is 0 Å². The predicted octanol–water partition coefficient (Wildman–Crippen LogP) is 6.58. The van der Waals surface area contributed by atoms with Gasteiger partial charge >= 0.3 is 0 Å². The van der Waals surface area contributed by atoms with Gasteiger partial charge in [0.2, 0.25) is 0 Å². The van der Waals surface area contributed by atoms with Crippen LogP contribution in [0.5, 0.6) is 0 Å². The average Bonchev–Trinajstić information content (AvgIpc) is 3.34. The molecular weight excluding hydrogens is 351 g/mol. The second kappa shape index (κ2) is 11.3. The fourth-order valence-electron chi connectivity index (χ4n) is 4.29. The molecule has 0 aliphatic heterocycles. The third-order valence-corrected chi connectivity index (χ3v) is 8.94. The van der Waals surface area contributed by atoms with Gasteiger partial charge in [-0.2, -0.15) is 12.1 Å². The summed E-state index contributed by atoms with van der Waals surface area (Å²) in [5, 5.41) is 1.73. The van der Waals surface area contributed by atoms with Crippen LogP contribution in [-0.2, 0) is 17.1 Å². The van der Waals surface area contributed by atoms with Gasteiger partial charge in [-0.1, -0.05) is 38.5 Å². The van der Waals surface area contributed by atoms with Gasteiger partial charge < -0.3 is 30.3 Å². The molecule has 0 bridgehead atoms. The molecule has 2 aromatic rings. The Bertz CT molecular complexity index is 455. The Labute approximate surface area is 160 Å². The minimum Gasteiger partial charge on any atom is -0.748 e. The van der Waals surface area contributed by atoms with E-state index in [4.69, 9.17) is 0 Å². The maximum Gasteiger partial charge on any atom is 0 e. The van der Waals surface area contributed by atoms with Crippen molar-refractivity contribution in [2.75, 3.05) is 0 Å². The number of hydrogen-bond acceptors (Lipinski definition) is 0. The molecule has 0 amide bonds. The van der Waals surface area contributed by atoms with Gasteiger partial charge in [0, 0.05) is 17.1 Å². The quantitative estimate of drug-likeness (QED) is 0.320. The van der Waals surface area contributed by atoms with E-state index in [1.54, 1.807) is 5.30 Å². The fourth-order valence-corrected chi connectivity index (χ4v) is 8.09. The molecule has 0 heterocycles. The summed E-state index contributed by atoms with van der Waals surface area (Å²) in [4.78, 5) is 0. The summed E-state index contributed by atoms with van der Waals surface area (Å²) in [6.07, 6.45) is 15.1. The molecular formula is C22H31FeP-6. The van der Waals surface area contributed by atoms with Gasteiger partial charge in [-0.25, -0.2) is 12.1 Å². The van der Waals surface area contributed by atoms with Crippen molar-refractivity contribution in [2.45, 2.75) is 75.5 Å². The van der Waals surface area contributed by atoms with E-state index in [-0.39, 0.29) is 25.0 Å². The van der Waals surface area contributed by atoms with Gasteiger partial charge in [0.15, 0.2) is 0 Å². The molecule has 2 aliphatic rings. The van der Waals surface area contributed by atoms with E-state index in [1.807, 2.05) is 30.3 Å². The van der Waals surface area contributed by atoms with E-state index in [0.29, 0.717) is 0 Å². The van der Waals surface area contributed by atoms with Crippen LogP contribution < -0.4 is 5.30 Å². The molecule has 0 radical (unpaired) electrons. The molecule has 138 valence electrons. The Balaban J connectivity index is 0.000000300. The maximum absolute atomic E-state index is 2.43. The summed E-state index contributed by atoms with van der Waals surface area (Å²) in [6.45, 7) is 0. The second-order valence-electron chi connectivity index (χ2n) is 7.10. The summed E-state index contributed by atoms with van der Waals surface area (Å²) in [5.74, 6) is 0. The Hall–Kier alpha value is -0.351. The van der Waals surface area contributed by atoms with Gasteiger partial charge in [-0.15, -0.1) is 13.2 Å². The van der Waals surface area contributed by atoms with E-state index in [1.165, 1.54) is 64.2 Å². The molecule has 2 aromatic carbocycles. The molecule has 0 spiro atoms. The Morgan fingerprint density at radius 3 is 1.38 bits per heavy atom. The SMILES string of the molecule is [Fe].[cH-]1[cH-][cH-][cH-][cH-]1.c1cc[c-](P(C2CCCCC2)C2CCCCC2)c1. The smallest absolute Gasteiger partial charge is 0 e. The van der Waals surface area contributed by atoms with Gasteiger partial charge in [0.05, 0.1) is 0 Å². The molecule has 0 aromatic heterocycles. The van der Waals surface area contributed by atoms with Crippen molar-refractivity contribution in [1.29, 1.82) is 0 Å². The van der Waals surface area contributed by atoms with Gasteiger partial charge in [-0.05, 0) is 37.0 Å². The molecule has 0 unspecified atom stereocenters. The van der Waals surface area contributed by atoms with Crippen LogP contribution >= 0.6 is 7.92 Å². The van der Waals surface area contributed by atoms with Crippen LogP contribution in [0.1, 0.15) is 64.2 Å².